The third-order valence-corrected chi connectivity index (χ3v) is 7.19. The molecule has 0 aromatic heterocycles. The van der Waals surface area contributed by atoms with E-state index >= 15 is 0 Å². The van der Waals surface area contributed by atoms with Crippen molar-refractivity contribution in [2.45, 2.75) is 69.5 Å². The van der Waals surface area contributed by atoms with Crippen LogP contribution in [-0.2, 0) is 78.2 Å². The van der Waals surface area contributed by atoms with Gasteiger partial charge in [0.05, 0.1) is 26.4 Å². The minimum absolute atomic E-state index is 0.188. The van der Waals surface area contributed by atoms with Crippen LogP contribution in [0, 0.1) is 0 Å². The van der Waals surface area contributed by atoms with Crippen molar-refractivity contribution in [3.63, 3.8) is 0 Å². The van der Waals surface area contributed by atoms with Crippen LogP contribution in [0.5, 0.6) is 5.75 Å². The fourth-order valence-corrected chi connectivity index (χ4v) is 5.41. The Balaban J connectivity index is 1.98. The largest absolute Gasteiger partial charge is 0.463 e. The zero-order valence-corrected chi connectivity index (χ0v) is 28.6. The Labute approximate surface area is 285 Å². The number of hydrogen-bond acceptors (Lipinski definition) is 16. The highest BCUT2D eigenvalue weighted by Crippen LogP contribution is 2.42. The van der Waals surface area contributed by atoms with E-state index in [4.69, 9.17) is 37.9 Å². The van der Waals surface area contributed by atoms with Gasteiger partial charge in [-0.2, -0.15) is 21.6 Å². The maximum Gasteiger partial charge on any atom is 0.420 e. The Morgan fingerprint density at radius 2 is 1.39 bits per heavy atom. The van der Waals surface area contributed by atoms with Gasteiger partial charge in [0.15, 0.2) is 30.4 Å². The van der Waals surface area contributed by atoms with E-state index in [1.807, 2.05) is 0 Å². The SMILES string of the molecule is CC(=O)OC[C@H]1O[C@@H](OCCOCCOCC(=O)Oc2c(C(F)(F)F)cc(Br)cc2S(=O)(=O)O)[C@H](OC(C)=O)[C@@H](OC(C)=O)[C@@H]1OC(C)=O. The van der Waals surface area contributed by atoms with Gasteiger partial charge < -0.3 is 42.6 Å². The third kappa shape index (κ3) is 13.8. The van der Waals surface area contributed by atoms with E-state index in [9.17, 15) is 50.1 Å². The van der Waals surface area contributed by atoms with Gasteiger partial charge in [0.1, 0.15) is 29.8 Å². The van der Waals surface area contributed by atoms with E-state index in [2.05, 4.69) is 20.7 Å². The summed E-state index contributed by atoms with van der Waals surface area (Å²) in [6, 6.07) is 1.07. The standard InChI is InChI=1S/C27H32BrF3O17S/c1-13(32)43-11-19-23(44-14(2)33)24(45-15(3)34)25(46-16(4)35)26(47-19)42-8-7-40-5-6-41-12-21(36)48-22-18(27(29,30)31)9-17(28)10-20(22)49(37,38)39/h9-10,19,23-26H,5-8,11-12H2,1-4H3,(H,37,38,39)/t19-,23-,24+,25-,26-/m1/s1. The van der Waals surface area contributed by atoms with Crippen LogP contribution < -0.4 is 4.74 Å². The molecule has 0 amide bonds. The highest BCUT2D eigenvalue weighted by Gasteiger charge is 2.52. The number of esters is 5. The second kappa shape index (κ2) is 18.5. The number of hydrogen-bond donors (Lipinski definition) is 1. The van der Waals surface area contributed by atoms with Crippen molar-refractivity contribution in [3.05, 3.63) is 22.2 Å². The average molecular weight is 798 g/mol. The lowest BCUT2D eigenvalue weighted by Crippen LogP contribution is -2.63. The Hall–Kier alpha value is -3.41. The predicted octanol–water partition coefficient (Wildman–Crippen LogP) is 1.75. The number of halogens is 4. The van der Waals surface area contributed by atoms with Crippen molar-refractivity contribution in [2.24, 2.45) is 0 Å². The van der Waals surface area contributed by atoms with Gasteiger partial charge >= 0.3 is 36.0 Å². The van der Waals surface area contributed by atoms with E-state index < -0.39 is 106 Å². The molecular formula is C27H32BrF3O17S. The highest BCUT2D eigenvalue weighted by atomic mass is 79.9. The lowest BCUT2D eigenvalue weighted by atomic mass is 9.98. The van der Waals surface area contributed by atoms with Crippen LogP contribution in [0.2, 0.25) is 0 Å². The molecule has 17 nitrogen and oxygen atoms in total. The minimum atomic E-state index is -5.24. The third-order valence-electron chi connectivity index (χ3n) is 5.87. The maximum atomic E-state index is 13.5. The summed E-state index contributed by atoms with van der Waals surface area (Å²) in [7, 11) is -5.24. The van der Waals surface area contributed by atoms with E-state index in [0.717, 1.165) is 27.7 Å². The van der Waals surface area contributed by atoms with E-state index in [0.29, 0.717) is 12.1 Å². The molecule has 1 aromatic carbocycles. The first-order valence-corrected chi connectivity index (χ1v) is 16.1. The molecule has 276 valence electrons. The van der Waals surface area contributed by atoms with Crippen molar-refractivity contribution in [1.82, 2.24) is 0 Å². The van der Waals surface area contributed by atoms with Gasteiger partial charge in [-0.15, -0.1) is 0 Å². The Kier molecular flexibility index (Phi) is 15.8. The number of carbonyl (C=O) groups excluding carboxylic acids is 5. The van der Waals surface area contributed by atoms with Gasteiger partial charge in [0.2, 0.25) is 0 Å². The molecule has 1 fully saturated rings. The summed E-state index contributed by atoms with van der Waals surface area (Å²) in [5, 5.41) is 0. The molecule has 1 aromatic rings. The molecule has 5 atom stereocenters. The number of carbonyl (C=O) groups is 5. The lowest BCUT2D eigenvalue weighted by Gasteiger charge is -2.44. The molecule has 1 N–H and O–H groups in total. The summed E-state index contributed by atoms with van der Waals surface area (Å²) in [6.07, 6.45) is -12.1. The first-order valence-electron chi connectivity index (χ1n) is 13.9. The van der Waals surface area contributed by atoms with Crippen LogP contribution in [0.3, 0.4) is 0 Å². The molecule has 2 rings (SSSR count). The molecular weight excluding hydrogens is 765 g/mol. The summed E-state index contributed by atoms with van der Waals surface area (Å²) < 4.78 is 120. The summed E-state index contributed by atoms with van der Waals surface area (Å²) in [4.78, 5) is 57.8. The predicted molar refractivity (Wildman–Crippen MR) is 154 cm³/mol. The number of benzene rings is 1. The molecule has 49 heavy (non-hydrogen) atoms. The minimum Gasteiger partial charge on any atom is -0.463 e. The normalized spacial score (nSPS) is 21.0. The zero-order valence-electron chi connectivity index (χ0n) is 26.2. The summed E-state index contributed by atoms with van der Waals surface area (Å²) in [5.41, 5.74) is -1.65. The van der Waals surface area contributed by atoms with Crippen molar-refractivity contribution in [3.8, 4) is 5.75 Å². The van der Waals surface area contributed by atoms with Crippen molar-refractivity contribution in [2.75, 3.05) is 39.6 Å². The second-order valence-electron chi connectivity index (χ2n) is 9.83. The van der Waals surface area contributed by atoms with E-state index in [-0.39, 0.29) is 30.9 Å². The summed E-state index contributed by atoms with van der Waals surface area (Å²) in [6.45, 7) is 1.88. The monoisotopic (exact) mass is 796 g/mol. The quantitative estimate of drug-likeness (QED) is 0.0827. The van der Waals surface area contributed by atoms with Gasteiger partial charge in [0.25, 0.3) is 10.1 Å². The Morgan fingerprint density at radius 1 is 0.837 bits per heavy atom. The number of ether oxygens (including phenoxy) is 9. The number of rotatable bonds is 16. The molecule has 0 spiro atoms. The smallest absolute Gasteiger partial charge is 0.420 e. The van der Waals surface area contributed by atoms with Crippen LogP contribution in [0.25, 0.3) is 0 Å². The molecule has 1 aliphatic rings. The molecule has 0 aliphatic carbocycles. The molecule has 0 bridgehead atoms. The Bertz CT molecular complexity index is 1470. The van der Waals surface area contributed by atoms with E-state index in [1.165, 1.54) is 0 Å². The first-order chi connectivity index (χ1) is 22.7. The second-order valence-corrected chi connectivity index (χ2v) is 12.1. The van der Waals surface area contributed by atoms with Crippen molar-refractivity contribution in [1.29, 1.82) is 0 Å². The molecule has 0 saturated carbocycles. The zero-order chi connectivity index (χ0) is 37.1. The molecule has 1 aliphatic heterocycles. The van der Waals surface area contributed by atoms with Crippen LogP contribution in [-0.4, -0.2) is 113 Å². The van der Waals surface area contributed by atoms with Gasteiger partial charge in [-0.05, 0) is 12.1 Å². The number of alkyl halides is 3. The summed E-state index contributed by atoms with van der Waals surface area (Å²) in [5.74, 6) is -6.07. The van der Waals surface area contributed by atoms with Gasteiger partial charge in [0, 0.05) is 32.2 Å². The molecule has 1 saturated heterocycles. The lowest BCUT2D eigenvalue weighted by molar-refractivity contribution is -0.309. The van der Waals surface area contributed by atoms with Crippen LogP contribution in [0.1, 0.15) is 33.3 Å². The maximum absolute atomic E-state index is 13.5. The molecule has 0 unspecified atom stereocenters. The average Bonchev–Trinajstić information content (AvgIpc) is 2.95. The van der Waals surface area contributed by atoms with Crippen molar-refractivity contribution >= 4 is 55.9 Å². The van der Waals surface area contributed by atoms with Gasteiger partial charge in [-0.3, -0.25) is 23.7 Å². The Morgan fingerprint density at radius 3 is 1.94 bits per heavy atom. The van der Waals surface area contributed by atoms with Crippen LogP contribution >= 0.6 is 15.9 Å². The molecule has 1 heterocycles. The van der Waals surface area contributed by atoms with E-state index in [1.54, 1.807) is 0 Å². The first kappa shape index (κ1) is 41.8. The molecule has 22 heteroatoms. The van der Waals surface area contributed by atoms with Crippen molar-refractivity contribution < 1.29 is 92.7 Å². The fraction of sp³-hybridized carbons (Fsp3) is 0.593. The summed E-state index contributed by atoms with van der Waals surface area (Å²) >= 11 is 2.70. The topological polar surface area (TPSA) is 223 Å². The fourth-order valence-electron chi connectivity index (χ4n) is 4.14. The highest BCUT2D eigenvalue weighted by molar-refractivity contribution is 9.10. The van der Waals surface area contributed by atoms with Gasteiger partial charge in [-0.1, -0.05) is 15.9 Å². The molecule has 0 radical (unpaired) electrons. The van der Waals surface area contributed by atoms with Gasteiger partial charge in [-0.25, -0.2) is 4.79 Å². The van der Waals surface area contributed by atoms with Crippen LogP contribution in [0.15, 0.2) is 21.5 Å². The van der Waals surface area contributed by atoms with Crippen LogP contribution in [0.4, 0.5) is 13.2 Å².